The molecule has 2 aromatic rings. The summed E-state index contributed by atoms with van der Waals surface area (Å²) in [5.41, 5.74) is 2.37. The first kappa shape index (κ1) is 24.6. The Balaban J connectivity index is 1.29. The first-order valence-electron chi connectivity index (χ1n) is 12.3. The second-order valence-corrected chi connectivity index (χ2v) is 11.1. The fourth-order valence-electron chi connectivity index (χ4n) is 6.21. The lowest BCUT2D eigenvalue weighted by Crippen LogP contribution is -2.57. The van der Waals surface area contributed by atoms with Crippen molar-refractivity contribution in [3.63, 3.8) is 0 Å². The van der Waals surface area contributed by atoms with E-state index < -0.39 is 29.6 Å². The number of carbonyl (C=O) groups excluding carboxylic acids is 2. The average Bonchev–Trinajstić information content (AvgIpc) is 3.30. The predicted octanol–water partition coefficient (Wildman–Crippen LogP) is 4.52. The summed E-state index contributed by atoms with van der Waals surface area (Å²) in [7, 11) is 1.19. The van der Waals surface area contributed by atoms with Gasteiger partial charge in [0.15, 0.2) is 6.04 Å². The SMILES string of the molecule is CN(C(=O)C1CC2(CCC(=O)N2)C1)[C@@H](c1ccc(NC2Cc3ccccc3C2(C)C)cn1)C(F)(F)F. The fourth-order valence-corrected chi connectivity index (χ4v) is 6.21. The zero-order chi connectivity index (χ0) is 25.9. The van der Waals surface area contributed by atoms with E-state index in [2.05, 4.69) is 41.6 Å². The van der Waals surface area contributed by atoms with Crippen molar-refractivity contribution in [3.05, 3.63) is 59.4 Å². The third-order valence-corrected chi connectivity index (χ3v) is 8.32. The van der Waals surface area contributed by atoms with Crippen LogP contribution in [0.2, 0.25) is 0 Å². The number of hydrogen-bond donors (Lipinski definition) is 2. The Morgan fingerprint density at radius 2 is 1.92 bits per heavy atom. The van der Waals surface area contributed by atoms with Gasteiger partial charge in [-0.2, -0.15) is 13.2 Å². The highest BCUT2D eigenvalue weighted by Crippen LogP contribution is 2.46. The molecule has 2 heterocycles. The Hall–Kier alpha value is -3.10. The van der Waals surface area contributed by atoms with Gasteiger partial charge in [0, 0.05) is 36.4 Å². The predicted molar refractivity (Wildman–Crippen MR) is 129 cm³/mol. The number of amides is 2. The summed E-state index contributed by atoms with van der Waals surface area (Å²) < 4.78 is 42.4. The van der Waals surface area contributed by atoms with Crippen molar-refractivity contribution in [1.29, 1.82) is 0 Å². The summed E-state index contributed by atoms with van der Waals surface area (Å²) >= 11 is 0. The highest BCUT2D eigenvalue weighted by molar-refractivity contribution is 5.84. The molecule has 1 unspecified atom stereocenters. The van der Waals surface area contributed by atoms with E-state index in [0.29, 0.717) is 31.4 Å². The largest absolute Gasteiger partial charge is 0.414 e. The van der Waals surface area contributed by atoms with Crippen LogP contribution in [0.3, 0.4) is 0 Å². The van der Waals surface area contributed by atoms with E-state index in [1.807, 2.05) is 12.1 Å². The number of nitrogens with one attached hydrogen (secondary N) is 2. The van der Waals surface area contributed by atoms with Crippen LogP contribution in [-0.2, 0) is 21.4 Å². The number of benzene rings is 1. The quantitative estimate of drug-likeness (QED) is 0.633. The standard InChI is InChI=1S/C27H31F3N4O2/c1-25(2)19-7-5-4-6-16(19)12-21(25)32-18-8-9-20(31-15-18)23(27(28,29)30)34(3)24(36)17-13-26(14-17)11-10-22(35)33-26/h4-9,15,17,21,23,32H,10-14H2,1-3H3,(H,33,35)/t17?,21?,23-,26?/m0/s1. The molecule has 1 spiro atoms. The van der Waals surface area contributed by atoms with E-state index in [-0.39, 0.29) is 23.1 Å². The van der Waals surface area contributed by atoms with Crippen LogP contribution in [0.15, 0.2) is 42.6 Å². The lowest BCUT2D eigenvalue weighted by molar-refractivity contribution is -0.193. The van der Waals surface area contributed by atoms with Crippen molar-refractivity contribution in [2.75, 3.05) is 12.4 Å². The average molecular weight is 501 g/mol. The molecule has 3 aliphatic rings. The van der Waals surface area contributed by atoms with E-state index in [1.54, 1.807) is 6.07 Å². The molecular formula is C27H31F3N4O2. The van der Waals surface area contributed by atoms with Gasteiger partial charge in [0.25, 0.3) is 0 Å². The van der Waals surface area contributed by atoms with Gasteiger partial charge in [0.2, 0.25) is 11.8 Å². The molecule has 9 heteroatoms. The second kappa shape index (κ2) is 8.49. The van der Waals surface area contributed by atoms with Crippen LogP contribution in [0.1, 0.15) is 62.4 Å². The zero-order valence-corrected chi connectivity index (χ0v) is 20.7. The number of rotatable bonds is 5. The molecule has 36 heavy (non-hydrogen) atoms. The maximum atomic E-state index is 14.1. The van der Waals surface area contributed by atoms with Crippen LogP contribution in [0.4, 0.5) is 18.9 Å². The van der Waals surface area contributed by atoms with E-state index in [9.17, 15) is 22.8 Å². The molecule has 0 bridgehead atoms. The van der Waals surface area contributed by atoms with E-state index >= 15 is 0 Å². The smallest absolute Gasteiger partial charge is 0.380 e. The minimum absolute atomic E-state index is 0.0646. The normalized spacial score (nSPS) is 27.2. The van der Waals surface area contributed by atoms with Crippen LogP contribution in [-0.4, -0.2) is 46.5 Å². The van der Waals surface area contributed by atoms with Gasteiger partial charge in [-0.3, -0.25) is 14.6 Å². The Labute approximate surface area is 208 Å². The Kier molecular flexibility index (Phi) is 5.80. The van der Waals surface area contributed by atoms with Gasteiger partial charge in [0.1, 0.15) is 0 Å². The zero-order valence-electron chi connectivity index (χ0n) is 20.7. The number of anilines is 1. The van der Waals surface area contributed by atoms with E-state index in [1.165, 1.54) is 30.4 Å². The molecule has 2 amide bonds. The van der Waals surface area contributed by atoms with Crippen LogP contribution in [0.25, 0.3) is 0 Å². The Morgan fingerprint density at radius 1 is 1.19 bits per heavy atom. The molecule has 2 atom stereocenters. The number of carbonyl (C=O) groups is 2. The molecular weight excluding hydrogens is 469 g/mol. The van der Waals surface area contributed by atoms with Crippen molar-refractivity contribution in [2.45, 2.75) is 75.2 Å². The van der Waals surface area contributed by atoms with Crippen LogP contribution in [0, 0.1) is 5.92 Å². The first-order valence-corrected chi connectivity index (χ1v) is 12.3. The van der Waals surface area contributed by atoms with Gasteiger partial charge >= 0.3 is 6.18 Å². The number of fused-ring (bicyclic) bond motifs is 1. The molecule has 2 fully saturated rings. The molecule has 2 N–H and O–H groups in total. The Bertz CT molecular complexity index is 1170. The molecule has 0 radical (unpaired) electrons. The summed E-state index contributed by atoms with van der Waals surface area (Å²) in [4.78, 5) is 29.4. The number of alkyl halides is 3. The maximum Gasteiger partial charge on any atom is 0.414 e. The van der Waals surface area contributed by atoms with Gasteiger partial charge in [-0.25, -0.2) is 0 Å². The Morgan fingerprint density at radius 3 is 2.50 bits per heavy atom. The molecule has 1 aromatic carbocycles. The van der Waals surface area contributed by atoms with E-state index in [0.717, 1.165) is 11.3 Å². The van der Waals surface area contributed by atoms with Crippen molar-refractivity contribution in [3.8, 4) is 0 Å². The molecule has 1 aromatic heterocycles. The molecule has 5 rings (SSSR count). The van der Waals surface area contributed by atoms with Gasteiger partial charge in [-0.1, -0.05) is 38.1 Å². The van der Waals surface area contributed by atoms with Crippen LogP contribution < -0.4 is 10.6 Å². The lowest BCUT2D eigenvalue weighted by Gasteiger charge is -2.46. The maximum absolute atomic E-state index is 14.1. The van der Waals surface area contributed by atoms with Gasteiger partial charge in [0.05, 0.1) is 17.6 Å². The monoisotopic (exact) mass is 500 g/mol. The van der Waals surface area contributed by atoms with Gasteiger partial charge in [-0.05, 0) is 48.9 Å². The number of aromatic nitrogens is 1. The molecule has 1 saturated heterocycles. The highest BCUT2D eigenvalue weighted by atomic mass is 19.4. The third kappa shape index (κ3) is 4.22. The summed E-state index contributed by atoms with van der Waals surface area (Å²) in [6.45, 7) is 4.31. The molecule has 192 valence electrons. The first-order chi connectivity index (χ1) is 16.9. The summed E-state index contributed by atoms with van der Waals surface area (Å²) in [6, 6.07) is 9.13. The third-order valence-electron chi connectivity index (χ3n) is 8.32. The molecule has 1 aliphatic heterocycles. The van der Waals surface area contributed by atoms with Crippen molar-refractivity contribution in [2.24, 2.45) is 5.92 Å². The lowest BCUT2D eigenvalue weighted by atomic mass is 9.67. The van der Waals surface area contributed by atoms with Gasteiger partial charge < -0.3 is 15.5 Å². The number of halogens is 3. The number of nitrogens with zero attached hydrogens (tertiary/aromatic N) is 2. The van der Waals surface area contributed by atoms with Crippen molar-refractivity contribution < 1.29 is 22.8 Å². The van der Waals surface area contributed by atoms with Gasteiger partial charge in [-0.15, -0.1) is 0 Å². The summed E-state index contributed by atoms with van der Waals surface area (Å²) in [6.07, 6.45) is -0.666. The van der Waals surface area contributed by atoms with Crippen LogP contribution >= 0.6 is 0 Å². The van der Waals surface area contributed by atoms with Crippen molar-refractivity contribution in [1.82, 2.24) is 15.2 Å². The fraction of sp³-hybridized carbons (Fsp3) is 0.519. The van der Waals surface area contributed by atoms with E-state index in [4.69, 9.17) is 0 Å². The van der Waals surface area contributed by atoms with Crippen LogP contribution in [0.5, 0.6) is 0 Å². The number of hydrogen-bond acceptors (Lipinski definition) is 4. The molecule has 1 saturated carbocycles. The minimum atomic E-state index is -4.68. The summed E-state index contributed by atoms with van der Waals surface area (Å²) in [5, 5.41) is 6.32. The minimum Gasteiger partial charge on any atom is -0.380 e. The second-order valence-electron chi connectivity index (χ2n) is 11.1. The highest BCUT2D eigenvalue weighted by Gasteiger charge is 2.54. The molecule has 2 aliphatic carbocycles. The molecule has 6 nitrogen and oxygen atoms in total. The van der Waals surface area contributed by atoms with Crippen molar-refractivity contribution >= 4 is 17.5 Å². The summed E-state index contributed by atoms with van der Waals surface area (Å²) in [5.74, 6) is -1.17. The topological polar surface area (TPSA) is 74.3 Å². The number of pyridine rings is 1.